The van der Waals surface area contributed by atoms with Crippen molar-refractivity contribution in [1.82, 2.24) is 0 Å². The standard InChI is InChI=1S/C65H75N3O9/c1-41-18-24-54-58-40-77-61-33-44(20-25-60(61)74-3)19-22-52(70)36-53(35-49-34-51(69)23-21-47(49)16-7-6-10-42-14-9-17-50(32-42)68-65(66)67-2)76-29-27-48(62-57(37-56(58)64(72)73)63(54)55(41)38-59(62)71)31-46-15-8-13-43(30-46)26-28-75-39-45-11-4-5-12-45/h8-9,13-15,17-18,20-21,23-25,30,32-34,37-38,41,45,47-49,53,64,69,71-73H,4-7,10-12,16,19,22,26,28,31,35-36,39-40H2,1-3H3,(H3,66,67,68)/t41-,47-,48+,49+,53+/m1/s1. The molecular weight excluding hydrogens is 967 g/mol. The number of Topliss-reactive ketones (excluding diaryl/α,β-unsaturated/α-hetero) is 1. The van der Waals surface area contributed by atoms with Crippen LogP contribution in [0.4, 0.5) is 5.69 Å². The molecular formula is C65H75N3O9. The number of nitrogens with zero attached hydrogens (tertiary/aromatic N) is 1. The summed E-state index contributed by atoms with van der Waals surface area (Å²) in [7, 11) is 3.22. The first kappa shape index (κ1) is 54.7. The summed E-state index contributed by atoms with van der Waals surface area (Å²) < 4.78 is 25.1. The zero-order chi connectivity index (χ0) is 53.8. The van der Waals surface area contributed by atoms with Gasteiger partial charge in [0.15, 0.2) is 23.7 Å². The lowest BCUT2D eigenvalue weighted by atomic mass is 9.78. The lowest BCUT2D eigenvalue weighted by Gasteiger charge is -2.28. The maximum absolute atomic E-state index is 14.2. The highest BCUT2D eigenvalue weighted by atomic mass is 16.5. The van der Waals surface area contributed by atoms with Gasteiger partial charge in [-0.1, -0.05) is 92.8 Å². The Balaban J connectivity index is 1.06. The van der Waals surface area contributed by atoms with Gasteiger partial charge >= 0.3 is 0 Å². The molecule has 0 radical (unpaired) electrons. The highest BCUT2D eigenvalue weighted by Crippen LogP contribution is 2.47. The smallest absolute Gasteiger partial charge is 0.192 e. The fourth-order valence-corrected chi connectivity index (χ4v) is 11.8. The normalized spacial score (nSPS) is 20.8. The number of aryl methyl sites for hydroxylation is 2. The van der Waals surface area contributed by atoms with Crippen LogP contribution in [-0.4, -0.2) is 65.6 Å². The number of aromatic hydroxyl groups is 1. The molecule has 0 unspecified atom stereocenters. The molecule has 0 aromatic heterocycles. The van der Waals surface area contributed by atoms with Gasteiger partial charge < -0.3 is 50.4 Å². The zero-order valence-corrected chi connectivity index (χ0v) is 44.8. The molecule has 10 rings (SSSR count). The van der Waals surface area contributed by atoms with Crippen molar-refractivity contribution in [2.45, 2.75) is 128 Å². The number of aliphatic hydroxyl groups excluding tert-OH is 2. The van der Waals surface area contributed by atoms with Crippen LogP contribution in [0.15, 0.2) is 114 Å². The summed E-state index contributed by atoms with van der Waals surface area (Å²) in [5.41, 5.74) is 14.0. The summed E-state index contributed by atoms with van der Waals surface area (Å²) in [5.74, 6) is 4.87. The first-order chi connectivity index (χ1) is 37.4. The molecule has 6 bridgehead atoms. The number of carbonyl (C=O) groups excluding carboxylic acids is 1. The number of methoxy groups -OCH3 is 1. The van der Waals surface area contributed by atoms with Gasteiger partial charge in [-0.2, -0.15) is 0 Å². The maximum atomic E-state index is 14.2. The fourth-order valence-electron chi connectivity index (χ4n) is 11.8. The number of allylic oxidation sites excluding steroid dienone is 4. The molecule has 7 N–H and O–H groups in total. The fraction of sp³-hybridized carbons (Fsp3) is 0.415. The third kappa shape index (κ3) is 13.9. The molecule has 2 aliphatic heterocycles. The Morgan fingerprint density at radius 1 is 0.922 bits per heavy atom. The molecule has 0 saturated heterocycles. The van der Waals surface area contributed by atoms with Crippen LogP contribution in [0.1, 0.15) is 139 Å². The lowest BCUT2D eigenvalue weighted by Crippen LogP contribution is -2.24. The minimum absolute atomic E-state index is 0.00592. The molecule has 5 aromatic rings. The molecule has 5 atom stereocenters. The lowest BCUT2D eigenvalue weighted by molar-refractivity contribution is -0.121. The van der Waals surface area contributed by atoms with Crippen LogP contribution in [0.2, 0.25) is 0 Å². The van der Waals surface area contributed by atoms with Crippen molar-refractivity contribution in [2.75, 3.05) is 32.7 Å². The molecule has 2 heterocycles. The third-order valence-corrected chi connectivity index (χ3v) is 16.0. The number of ketones is 1. The molecule has 3 aliphatic carbocycles. The third-order valence-electron chi connectivity index (χ3n) is 16.0. The second-order valence-corrected chi connectivity index (χ2v) is 21.4. The highest BCUT2D eigenvalue weighted by Gasteiger charge is 2.30. The van der Waals surface area contributed by atoms with Crippen LogP contribution < -0.4 is 20.5 Å². The summed E-state index contributed by atoms with van der Waals surface area (Å²) in [6.07, 6.45) is 21.4. The number of nitrogens with one attached hydrogen (secondary N) is 1. The SMILES string of the molecule is CN=C(N)Nc1cccc(CCCC[C@@H]2C=CC(O)=C[C@H]2C[C@H]2CC(=O)CCc3ccc(OC)c(c3)OCc3c(C(O)O)cc4c(c(O)cc5c4c3C=C[C@H]5C)[C@H](Cc3cccc(CCOCC4CCCC4)c3)C#CO2)c1. The van der Waals surface area contributed by atoms with Crippen LogP contribution in [0.25, 0.3) is 16.8 Å². The molecule has 77 heavy (non-hydrogen) atoms. The predicted molar refractivity (Wildman–Crippen MR) is 304 cm³/mol. The number of hydrogen-bond donors (Lipinski definition) is 6. The van der Waals surface area contributed by atoms with E-state index in [9.17, 15) is 25.2 Å². The number of anilines is 1. The topological polar surface area (TPSA) is 185 Å². The van der Waals surface area contributed by atoms with Gasteiger partial charge in [0.1, 0.15) is 36.1 Å². The molecule has 0 amide bonds. The Kier molecular flexibility index (Phi) is 18.4. The number of ether oxygens (including phenoxy) is 4. The monoisotopic (exact) mass is 1040 g/mol. The van der Waals surface area contributed by atoms with Crippen molar-refractivity contribution in [3.8, 4) is 29.3 Å². The first-order valence-corrected chi connectivity index (χ1v) is 27.6. The largest absolute Gasteiger partial charge is 0.508 e. The number of hydrogen-bond acceptors (Lipinski definition) is 10. The van der Waals surface area contributed by atoms with Crippen LogP contribution in [0, 0.1) is 29.8 Å². The number of rotatable bonds is 17. The summed E-state index contributed by atoms with van der Waals surface area (Å²) in [4.78, 5) is 18.2. The molecule has 1 fully saturated rings. The number of benzene rings is 5. The Morgan fingerprint density at radius 3 is 2.53 bits per heavy atom. The molecule has 12 heteroatoms. The summed E-state index contributed by atoms with van der Waals surface area (Å²) in [6.45, 7) is 3.47. The molecule has 0 spiro atoms. The van der Waals surface area contributed by atoms with Crippen LogP contribution in [0.5, 0.6) is 17.2 Å². The van der Waals surface area contributed by atoms with Gasteiger partial charge in [-0.05, 0) is 168 Å². The van der Waals surface area contributed by atoms with E-state index in [1.165, 1.54) is 31.2 Å². The van der Waals surface area contributed by atoms with Gasteiger partial charge in [-0.3, -0.25) is 9.79 Å². The number of nitrogens with two attached hydrogens (primary N) is 1. The van der Waals surface area contributed by atoms with Crippen molar-refractivity contribution in [3.63, 3.8) is 0 Å². The summed E-state index contributed by atoms with van der Waals surface area (Å²) >= 11 is 0. The Bertz CT molecular complexity index is 3080. The quantitative estimate of drug-likeness (QED) is 0.0171. The maximum Gasteiger partial charge on any atom is 0.192 e. The summed E-state index contributed by atoms with van der Waals surface area (Å²) in [6, 6.07) is 25.8. The zero-order valence-electron chi connectivity index (χ0n) is 44.8. The average Bonchev–Trinajstić information content (AvgIpc) is 4.00. The van der Waals surface area contributed by atoms with Crippen molar-refractivity contribution < 1.29 is 44.2 Å². The first-order valence-electron chi connectivity index (χ1n) is 27.6. The number of aliphatic imine (C=N–C) groups is 1. The number of phenols is 1. The Hall–Kier alpha value is -7.04. The molecule has 5 aliphatic rings. The summed E-state index contributed by atoms with van der Waals surface area (Å²) in [5, 5.41) is 50.2. The van der Waals surface area contributed by atoms with E-state index in [-0.39, 0.29) is 60.1 Å². The number of guanidine groups is 1. The van der Waals surface area contributed by atoms with E-state index < -0.39 is 18.3 Å². The van der Waals surface area contributed by atoms with Crippen molar-refractivity contribution in [1.29, 1.82) is 0 Å². The van der Waals surface area contributed by atoms with E-state index in [1.54, 1.807) is 26.3 Å². The van der Waals surface area contributed by atoms with Gasteiger partial charge in [0, 0.05) is 54.8 Å². The van der Waals surface area contributed by atoms with Crippen molar-refractivity contribution >= 4 is 34.3 Å². The van der Waals surface area contributed by atoms with E-state index >= 15 is 0 Å². The number of carbonyl (C=O) groups is 1. The second-order valence-electron chi connectivity index (χ2n) is 21.4. The van der Waals surface area contributed by atoms with Gasteiger partial charge in [0.25, 0.3) is 0 Å². The van der Waals surface area contributed by atoms with Gasteiger partial charge in [0.05, 0.1) is 19.6 Å². The Morgan fingerprint density at radius 2 is 1.73 bits per heavy atom. The van der Waals surface area contributed by atoms with Crippen molar-refractivity contribution in [3.05, 3.63) is 159 Å². The van der Waals surface area contributed by atoms with Crippen molar-refractivity contribution in [2.24, 2.45) is 28.5 Å². The number of fused-ring (bicyclic) bond motifs is 9. The number of phenolic OH excluding ortho intramolecular Hbond substituents is 1. The average molecular weight is 1040 g/mol. The van der Waals surface area contributed by atoms with Gasteiger partial charge in [0.2, 0.25) is 0 Å². The molecule has 5 aromatic carbocycles. The minimum atomic E-state index is -1.87. The van der Waals surface area contributed by atoms with E-state index in [2.05, 4.69) is 71.7 Å². The molecule has 12 nitrogen and oxygen atoms in total. The second kappa shape index (κ2) is 25.9. The van der Waals surface area contributed by atoms with E-state index in [4.69, 9.17) is 24.7 Å². The van der Waals surface area contributed by atoms with Gasteiger partial charge in [-0.25, -0.2) is 0 Å². The van der Waals surface area contributed by atoms with Crippen LogP contribution in [0.3, 0.4) is 0 Å². The number of unbranched alkanes of at least 4 members (excludes halogenated alkanes) is 1. The Labute approximate surface area is 453 Å². The van der Waals surface area contributed by atoms with E-state index in [1.807, 2.05) is 54.6 Å². The van der Waals surface area contributed by atoms with Crippen LogP contribution in [-0.2, 0) is 46.6 Å². The minimum Gasteiger partial charge on any atom is -0.508 e. The van der Waals surface area contributed by atoms with E-state index in [0.29, 0.717) is 65.8 Å². The molecule has 1 saturated carbocycles. The molecule has 404 valence electrons. The van der Waals surface area contributed by atoms with Crippen LogP contribution >= 0.6 is 0 Å². The van der Waals surface area contributed by atoms with E-state index in [0.717, 1.165) is 77.6 Å². The number of aliphatic hydroxyl groups is 3. The highest BCUT2D eigenvalue weighted by molar-refractivity contribution is 6.01. The van der Waals surface area contributed by atoms with Gasteiger partial charge in [-0.15, -0.1) is 0 Å². The predicted octanol–water partition coefficient (Wildman–Crippen LogP) is 12.0.